The minimum atomic E-state index is -1.08. The minimum Gasteiger partial charge on any atom is -0.507 e. The number of benzene rings is 4. The molecule has 1 amide bonds. The van der Waals surface area contributed by atoms with Crippen molar-refractivity contribution in [3.8, 4) is 45.9 Å². The highest BCUT2D eigenvalue weighted by atomic mass is 32.2. The van der Waals surface area contributed by atoms with Crippen LogP contribution in [0.5, 0.6) is 28.7 Å². The number of nitrogens with one attached hydrogen (secondary N) is 1. The number of rotatable bonds is 12. The molecule has 9 rings (SSSR count). The van der Waals surface area contributed by atoms with Gasteiger partial charge < -0.3 is 43.6 Å². The first kappa shape index (κ1) is 44.5. The molecule has 5 aliphatic rings. The first-order chi connectivity index (χ1) is 31.3. The van der Waals surface area contributed by atoms with Crippen LogP contribution in [0.2, 0.25) is 0 Å². The third-order valence-corrected chi connectivity index (χ3v) is 14.6. The second-order valence-corrected chi connectivity index (χ2v) is 19.5. The third kappa shape index (κ3) is 7.77. The van der Waals surface area contributed by atoms with Gasteiger partial charge in [-0.2, -0.15) is 17.0 Å². The van der Waals surface area contributed by atoms with E-state index in [0.29, 0.717) is 58.3 Å². The highest BCUT2D eigenvalue weighted by molar-refractivity contribution is 7.99. The Morgan fingerprint density at radius 1 is 0.985 bits per heavy atom. The van der Waals surface area contributed by atoms with Crippen LogP contribution in [0.25, 0.3) is 11.1 Å². The third-order valence-electron chi connectivity index (χ3n) is 13.5. The number of thioether (sulfide) groups is 1. The largest absolute Gasteiger partial charge is 0.507 e. The molecule has 14 nitrogen and oxygen atoms in total. The van der Waals surface area contributed by atoms with Crippen LogP contribution in [0.15, 0.2) is 54.6 Å². The lowest BCUT2D eigenvalue weighted by Crippen LogP contribution is -2.68. The normalized spacial score (nSPS) is 22.0. The predicted molar refractivity (Wildman–Crippen MR) is 244 cm³/mol. The van der Waals surface area contributed by atoms with Crippen molar-refractivity contribution >= 4 is 23.8 Å². The smallest absolute Gasteiger partial charge is 0.408 e. The number of alkyl carbamates (subject to hydrolysis) is 1. The Morgan fingerprint density at radius 2 is 1.68 bits per heavy atom. The Bertz CT molecular complexity index is 2530. The number of carbonyl (C=O) groups excluding carboxylic acids is 2. The van der Waals surface area contributed by atoms with Gasteiger partial charge in [0.05, 0.1) is 25.3 Å². The molecule has 4 aliphatic heterocycles. The van der Waals surface area contributed by atoms with E-state index in [0.717, 1.165) is 16.7 Å². The van der Waals surface area contributed by atoms with Crippen LogP contribution in [0.4, 0.5) is 4.79 Å². The molecule has 6 atom stereocenters. The van der Waals surface area contributed by atoms with Crippen LogP contribution in [-0.2, 0) is 31.8 Å². The monoisotopic (exact) mass is 904 g/mol. The number of amides is 1. The Morgan fingerprint density at radius 3 is 2.34 bits per heavy atom. The number of hydrogen-bond donors (Lipinski definition) is 2. The zero-order valence-electron chi connectivity index (χ0n) is 38.1. The van der Waals surface area contributed by atoms with E-state index < -0.39 is 41.8 Å². The Balaban J connectivity index is 1.07. The highest BCUT2D eigenvalue weighted by Crippen LogP contribution is 2.58. The number of esters is 1. The number of methoxy groups -OCH3 is 2. The number of piperazine rings is 1. The molecule has 65 heavy (non-hydrogen) atoms. The van der Waals surface area contributed by atoms with Crippen molar-refractivity contribution in [2.45, 2.75) is 95.2 Å². The van der Waals surface area contributed by atoms with E-state index >= 15 is 0 Å². The fourth-order valence-electron chi connectivity index (χ4n) is 10.9. The number of phenols is 1. The van der Waals surface area contributed by atoms with Crippen molar-refractivity contribution < 1.29 is 47.9 Å². The summed E-state index contributed by atoms with van der Waals surface area (Å²) in [6.45, 7) is 8.77. The molecule has 4 aromatic rings. The van der Waals surface area contributed by atoms with Gasteiger partial charge in [-0.15, -0.1) is 0 Å². The van der Waals surface area contributed by atoms with Crippen molar-refractivity contribution in [2.24, 2.45) is 0 Å². The first-order valence-electron chi connectivity index (χ1n) is 22.0. The fourth-order valence-corrected chi connectivity index (χ4v) is 12.1. The zero-order chi connectivity index (χ0) is 45.9. The summed E-state index contributed by atoms with van der Waals surface area (Å²) in [5.41, 5.74) is 8.66. The van der Waals surface area contributed by atoms with E-state index in [1.165, 1.54) is 22.3 Å². The van der Waals surface area contributed by atoms with Crippen LogP contribution in [-0.4, -0.2) is 110 Å². The standard InChI is InChI=1S/C50H56N4O10S/c1-26-17-28-18-36-38(20-51)54-37(42(53(36)6)40(28)46(44(26)59-8)61-24-58-7)19-33-41(47-45(62-25-63-47)27(2)43(33)55)39(54)21-60-48(56)35(52-49(57)64-50(3,4)5)23-65-22-34-31-15-11-9-13-29(31)30-14-10-12-16-32(30)34/h9-17,34-39,42,55H,18-19,21-25H2,1-8H3,(H,52,57)/t35-,36+,37?,38+,39+,42+/m1/s1. The highest BCUT2D eigenvalue weighted by Gasteiger charge is 2.57. The second-order valence-electron chi connectivity index (χ2n) is 18.4. The SMILES string of the molecule is COCOc1c(OC)c(C)cc2c1[C@@H]1C3Cc4c(O)c(C)c5c(c4[C@H](COC(=O)[C@@H](CSCC4c6ccccc6-c6ccccc64)NC(=O)OC(C)(C)C)N3[C@@H](C#N)[C@H](C2)N1C)OCO5. The molecule has 4 aromatic carbocycles. The van der Waals surface area contributed by atoms with E-state index in [-0.39, 0.29) is 49.7 Å². The molecule has 1 fully saturated rings. The number of fused-ring (bicyclic) bond motifs is 12. The van der Waals surface area contributed by atoms with Gasteiger partial charge in [-0.1, -0.05) is 54.6 Å². The molecule has 4 heterocycles. The first-order valence-corrected chi connectivity index (χ1v) is 23.2. The van der Waals surface area contributed by atoms with Gasteiger partial charge in [0.1, 0.15) is 30.0 Å². The van der Waals surface area contributed by atoms with Crippen LogP contribution in [0.1, 0.15) is 83.3 Å². The molecule has 0 aromatic heterocycles. The topological polar surface area (TPSA) is 161 Å². The lowest BCUT2D eigenvalue weighted by Gasteiger charge is -2.59. The summed E-state index contributed by atoms with van der Waals surface area (Å²) in [4.78, 5) is 32.3. The number of aromatic hydroxyl groups is 1. The van der Waals surface area contributed by atoms with Gasteiger partial charge in [0.2, 0.25) is 6.79 Å². The fraction of sp³-hybridized carbons (Fsp3) is 0.460. The summed E-state index contributed by atoms with van der Waals surface area (Å²) in [6.07, 6.45) is 0.120. The van der Waals surface area contributed by atoms with Crippen LogP contribution >= 0.6 is 11.8 Å². The number of phenolic OH excluding ortho intramolecular Hbond substituents is 1. The van der Waals surface area contributed by atoms with Gasteiger partial charge in [-0.25, -0.2) is 9.59 Å². The molecule has 0 radical (unpaired) electrons. The molecule has 342 valence electrons. The van der Waals surface area contributed by atoms with Crippen molar-refractivity contribution in [1.82, 2.24) is 15.1 Å². The minimum absolute atomic E-state index is 0.00971. The maximum atomic E-state index is 14.6. The van der Waals surface area contributed by atoms with E-state index in [1.54, 1.807) is 53.7 Å². The number of hydrogen-bond acceptors (Lipinski definition) is 14. The predicted octanol–water partition coefficient (Wildman–Crippen LogP) is 7.48. The molecule has 1 saturated heterocycles. The molecule has 0 saturated carbocycles. The van der Waals surface area contributed by atoms with Gasteiger partial charge in [0.25, 0.3) is 0 Å². The number of likely N-dealkylation sites (N-methyl/N-ethyl adjacent to an activating group) is 1. The quantitative estimate of drug-likeness (QED) is 0.106. The van der Waals surface area contributed by atoms with Crippen molar-refractivity contribution in [3.05, 3.63) is 99.1 Å². The summed E-state index contributed by atoms with van der Waals surface area (Å²) >= 11 is 1.55. The van der Waals surface area contributed by atoms with Crippen molar-refractivity contribution in [3.63, 3.8) is 0 Å². The van der Waals surface area contributed by atoms with Gasteiger partial charge >= 0.3 is 12.1 Å². The summed E-state index contributed by atoms with van der Waals surface area (Å²) in [5, 5.41) is 26.0. The van der Waals surface area contributed by atoms with Gasteiger partial charge in [0.15, 0.2) is 29.8 Å². The maximum absolute atomic E-state index is 14.6. The summed E-state index contributed by atoms with van der Waals surface area (Å²) in [7, 11) is 5.20. The Hall–Kier alpha value is -5.66. The van der Waals surface area contributed by atoms with E-state index in [4.69, 9.17) is 33.2 Å². The summed E-state index contributed by atoms with van der Waals surface area (Å²) in [5.74, 6) is 2.37. The Labute approximate surface area is 384 Å². The van der Waals surface area contributed by atoms with Crippen LogP contribution < -0.4 is 24.3 Å². The zero-order valence-corrected chi connectivity index (χ0v) is 38.9. The lowest BCUT2D eigenvalue weighted by molar-refractivity contribution is -0.151. The number of nitrogens with zero attached hydrogens (tertiary/aromatic N) is 3. The van der Waals surface area contributed by atoms with E-state index in [2.05, 4.69) is 51.5 Å². The molecule has 2 N–H and O–H groups in total. The number of aryl methyl sites for hydroxylation is 1. The van der Waals surface area contributed by atoms with E-state index in [9.17, 15) is 20.0 Å². The summed E-state index contributed by atoms with van der Waals surface area (Å²) in [6, 6.07) is 17.9. The van der Waals surface area contributed by atoms with Gasteiger partial charge in [-0.05, 0) is 87.9 Å². The number of ether oxygens (including phenoxy) is 7. The van der Waals surface area contributed by atoms with Gasteiger partial charge in [0, 0.05) is 58.9 Å². The molecule has 2 bridgehead atoms. The van der Waals surface area contributed by atoms with E-state index in [1.807, 2.05) is 38.2 Å². The molecule has 1 unspecified atom stereocenters. The molecule has 0 spiro atoms. The van der Waals surface area contributed by atoms with Crippen LogP contribution in [0, 0.1) is 25.2 Å². The second kappa shape index (κ2) is 17.6. The lowest BCUT2D eigenvalue weighted by atomic mass is 9.71. The van der Waals surface area contributed by atoms with Gasteiger partial charge in [-0.3, -0.25) is 9.80 Å². The molecular weight excluding hydrogens is 849 g/mol. The number of carbonyl (C=O) groups is 2. The summed E-state index contributed by atoms with van der Waals surface area (Å²) < 4.78 is 41.8. The molecule has 15 heteroatoms. The number of nitriles is 1. The molecule has 1 aliphatic carbocycles. The average molecular weight is 905 g/mol. The molecular formula is C50H56N4O10S. The van der Waals surface area contributed by atoms with Crippen molar-refractivity contribution in [2.75, 3.05) is 53.0 Å². The van der Waals surface area contributed by atoms with Crippen molar-refractivity contribution in [1.29, 1.82) is 5.26 Å². The van der Waals surface area contributed by atoms with Crippen LogP contribution in [0.3, 0.4) is 0 Å². The average Bonchev–Trinajstić information content (AvgIpc) is 3.89. The maximum Gasteiger partial charge on any atom is 0.408 e. The Kier molecular flexibility index (Phi) is 12.1.